The van der Waals surface area contributed by atoms with Crippen molar-refractivity contribution in [2.75, 3.05) is 0 Å². The summed E-state index contributed by atoms with van der Waals surface area (Å²) in [5.41, 5.74) is 8.23. The van der Waals surface area contributed by atoms with Crippen LogP contribution in [-0.2, 0) is 5.54 Å². The Morgan fingerprint density at radius 3 is 2.69 bits per heavy atom. The molecule has 1 aromatic rings. The van der Waals surface area contributed by atoms with Crippen molar-refractivity contribution >= 4 is 0 Å². The molecule has 2 rings (SSSR count). The van der Waals surface area contributed by atoms with E-state index >= 15 is 0 Å². The monoisotopic (exact) mass is 177 g/mol. The third kappa shape index (κ3) is 1.47. The lowest BCUT2D eigenvalue weighted by Gasteiger charge is -2.42. The molecule has 2 nitrogen and oxygen atoms in total. The van der Waals surface area contributed by atoms with Gasteiger partial charge in [0.05, 0.1) is 6.10 Å². The highest BCUT2D eigenvalue weighted by Gasteiger charge is 2.41. The van der Waals surface area contributed by atoms with Crippen molar-refractivity contribution in [3.63, 3.8) is 0 Å². The van der Waals surface area contributed by atoms with Gasteiger partial charge in [-0.1, -0.05) is 29.8 Å². The van der Waals surface area contributed by atoms with Crippen LogP contribution in [0.2, 0.25) is 0 Å². The molecule has 0 heterocycles. The largest absolute Gasteiger partial charge is 0.393 e. The van der Waals surface area contributed by atoms with Crippen molar-refractivity contribution in [3.8, 4) is 0 Å². The zero-order valence-electron chi connectivity index (χ0n) is 7.83. The summed E-state index contributed by atoms with van der Waals surface area (Å²) >= 11 is 0. The molecule has 2 heteroatoms. The van der Waals surface area contributed by atoms with Crippen molar-refractivity contribution in [2.45, 2.75) is 31.4 Å². The highest BCUT2D eigenvalue weighted by atomic mass is 16.3. The van der Waals surface area contributed by atoms with E-state index in [1.54, 1.807) is 0 Å². The van der Waals surface area contributed by atoms with Crippen LogP contribution in [0.25, 0.3) is 0 Å². The molecule has 1 saturated carbocycles. The normalized spacial score (nSPS) is 32.7. The predicted molar refractivity (Wildman–Crippen MR) is 52.3 cm³/mol. The number of aliphatic hydroxyl groups is 1. The van der Waals surface area contributed by atoms with Gasteiger partial charge in [0.1, 0.15) is 0 Å². The van der Waals surface area contributed by atoms with E-state index in [2.05, 4.69) is 19.1 Å². The quantitative estimate of drug-likeness (QED) is 0.679. The Balaban J connectivity index is 2.26. The van der Waals surface area contributed by atoms with Crippen LogP contribution in [0.4, 0.5) is 0 Å². The van der Waals surface area contributed by atoms with Crippen LogP contribution in [-0.4, -0.2) is 11.2 Å². The second-order valence-electron chi connectivity index (χ2n) is 4.09. The van der Waals surface area contributed by atoms with Gasteiger partial charge < -0.3 is 10.8 Å². The van der Waals surface area contributed by atoms with E-state index in [4.69, 9.17) is 5.73 Å². The van der Waals surface area contributed by atoms with Crippen LogP contribution in [0.15, 0.2) is 24.3 Å². The van der Waals surface area contributed by atoms with Crippen LogP contribution in [0.5, 0.6) is 0 Å². The molecule has 1 aromatic carbocycles. The Labute approximate surface area is 78.4 Å². The summed E-state index contributed by atoms with van der Waals surface area (Å²) in [4.78, 5) is 0. The maximum absolute atomic E-state index is 9.23. The Kier molecular flexibility index (Phi) is 1.90. The first kappa shape index (κ1) is 8.73. The molecule has 0 radical (unpaired) electrons. The minimum absolute atomic E-state index is 0.203. The minimum atomic E-state index is -0.272. The Hall–Kier alpha value is -0.860. The highest BCUT2D eigenvalue weighted by Crippen LogP contribution is 2.38. The van der Waals surface area contributed by atoms with Gasteiger partial charge in [0.2, 0.25) is 0 Å². The summed E-state index contributed by atoms with van der Waals surface area (Å²) in [6.07, 6.45) is 1.18. The van der Waals surface area contributed by atoms with Crippen molar-refractivity contribution < 1.29 is 5.11 Å². The standard InChI is InChI=1S/C11H15NO/c1-8-3-2-4-9(5-8)11(12)6-10(13)7-11/h2-5,10,13H,6-7,12H2,1H3. The van der Waals surface area contributed by atoms with E-state index in [1.807, 2.05) is 12.1 Å². The second-order valence-corrected chi connectivity index (χ2v) is 4.09. The van der Waals surface area contributed by atoms with Crippen LogP contribution in [0.1, 0.15) is 24.0 Å². The molecule has 3 N–H and O–H groups in total. The van der Waals surface area contributed by atoms with E-state index in [0.717, 1.165) is 5.56 Å². The van der Waals surface area contributed by atoms with Crippen LogP contribution < -0.4 is 5.73 Å². The first-order valence-corrected chi connectivity index (χ1v) is 4.64. The lowest BCUT2D eigenvalue weighted by molar-refractivity contribution is 0.0209. The fourth-order valence-corrected chi connectivity index (χ4v) is 1.97. The number of aryl methyl sites for hydroxylation is 1. The van der Waals surface area contributed by atoms with Crippen LogP contribution in [0, 0.1) is 6.92 Å². The molecule has 0 unspecified atom stereocenters. The molecule has 70 valence electrons. The summed E-state index contributed by atoms with van der Waals surface area (Å²) in [6.45, 7) is 2.06. The molecular weight excluding hydrogens is 162 g/mol. The summed E-state index contributed by atoms with van der Waals surface area (Å²) in [6, 6.07) is 8.22. The topological polar surface area (TPSA) is 46.2 Å². The van der Waals surface area contributed by atoms with E-state index in [9.17, 15) is 5.11 Å². The number of rotatable bonds is 1. The maximum Gasteiger partial charge on any atom is 0.0582 e. The van der Waals surface area contributed by atoms with Gasteiger partial charge in [-0.25, -0.2) is 0 Å². The molecule has 0 aliphatic heterocycles. The molecule has 0 aromatic heterocycles. The fraction of sp³-hybridized carbons (Fsp3) is 0.455. The van der Waals surface area contributed by atoms with Gasteiger partial charge in [-0.05, 0) is 25.3 Å². The van der Waals surface area contributed by atoms with Gasteiger partial charge in [0, 0.05) is 5.54 Å². The molecule has 0 spiro atoms. The molecule has 0 saturated heterocycles. The Morgan fingerprint density at radius 1 is 1.46 bits per heavy atom. The van der Waals surface area contributed by atoms with Crippen molar-refractivity contribution in [1.82, 2.24) is 0 Å². The van der Waals surface area contributed by atoms with E-state index < -0.39 is 0 Å². The average molecular weight is 177 g/mol. The molecule has 1 aliphatic carbocycles. The number of nitrogens with two attached hydrogens (primary N) is 1. The van der Waals surface area contributed by atoms with Crippen LogP contribution >= 0.6 is 0 Å². The smallest absolute Gasteiger partial charge is 0.0582 e. The molecule has 1 fully saturated rings. The maximum atomic E-state index is 9.23. The van der Waals surface area contributed by atoms with Crippen molar-refractivity contribution in [1.29, 1.82) is 0 Å². The summed E-state index contributed by atoms with van der Waals surface area (Å²) in [7, 11) is 0. The zero-order valence-corrected chi connectivity index (χ0v) is 7.83. The minimum Gasteiger partial charge on any atom is -0.393 e. The molecule has 1 aliphatic rings. The SMILES string of the molecule is Cc1cccc(C2(N)CC(O)C2)c1. The van der Waals surface area contributed by atoms with Gasteiger partial charge >= 0.3 is 0 Å². The third-order valence-electron chi connectivity index (χ3n) is 2.79. The molecular formula is C11H15NO. The molecule has 0 atom stereocenters. The van der Waals surface area contributed by atoms with E-state index in [0.29, 0.717) is 12.8 Å². The van der Waals surface area contributed by atoms with Gasteiger partial charge in [-0.3, -0.25) is 0 Å². The molecule has 0 amide bonds. The Morgan fingerprint density at radius 2 is 2.15 bits per heavy atom. The first-order valence-electron chi connectivity index (χ1n) is 4.64. The van der Waals surface area contributed by atoms with Gasteiger partial charge in [-0.2, -0.15) is 0 Å². The van der Waals surface area contributed by atoms with E-state index in [-0.39, 0.29) is 11.6 Å². The highest BCUT2D eigenvalue weighted by molar-refractivity contribution is 5.31. The van der Waals surface area contributed by atoms with E-state index in [1.165, 1.54) is 5.56 Å². The number of hydrogen-bond acceptors (Lipinski definition) is 2. The summed E-state index contributed by atoms with van der Waals surface area (Å²) < 4.78 is 0. The fourth-order valence-electron chi connectivity index (χ4n) is 1.97. The van der Waals surface area contributed by atoms with Crippen molar-refractivity contribution in [3.05, 3.63) is 35.4 Å². The number of benzene rings is 1. The third-order valence-corrected chi connectivity index (χ3v) is 2.79. The average Bonchev–Trinajstić information content (AvgIpc) is 2.02. The first-order chi connectivity index (χ1) is 6.10. The lowest BCUT2D eigenvalue weighted by Crippen LogP contribution is -2.51. The van der Waals surface area contributed by atoms with Gasteiger partial charge in [0.15, 0.2) is 0 Å². The van der Waals surface area contributed by atoms with Crippen molar-refractivity contribution in [2.24, 2.45) is 5.73 Å². The summed E-state index contributed by atoms with van der Waals surface area (Å²) in [5.74, 6) is 0. The number of hydrogen-bond donors (Lipinski definition) is 2. The number of aliphatic hydroxyl groups excluding tert-OH is 1. The second kappa shape index (κ2) is 2.82. The lowest BCUT2D eigenvalue weighted by atomic mass is 9.70. The zero-order chi connectivity index (χ0) is 9.47. The van der Waals surface area contributed by atoms with Gasteiger partial charge in [0.25, 0.3) is 0 Å². The molecule has 13 heavy (non-hydrogen) atoms. The summed E-state index contributed by atoms with van der Waals surface area (Å²) in [5, 5.41) is 9.23. The molecule has 0 bridgehead atoms. The Bertz CT molecular complexity index is 316. The van der Waals surface area contributed by atoms with Crippen LogP contribution in [0.3, 0.4) is 0 Å². The predicted octanol–water partition coefficient (Wildman–Crippen LogP) is 1.30. The van der Waals surface area contributed by atoms with Gasteiger partial charge in [-0.15, -0.1) is 0 Å².